The van der Waals surface area contributed by atoms with Crippen molar-refractivity contribution >= 4 is 17.7 Å². The zero-order valence-electron chi connectivity index (χ0n) is 15.4. The van der Waals surface area contributed by atoms with Crippen LogP contribution in [0.5, 0.6) is 0 Å². The van der Waals surface area contributed by atoms with Gasteiger partial charge in [0.25, 0.3) is 0 Å². The molecule has 5 heteroatoms. The molecule has 1 aromatic rings. The van der Waals surface area contributed by atoms with E-state index in [-0.39, 0.29) is 30.2 Å². The van der Waals surface area contributed by atoms with E-state index >= 15 is 0 Å². The fourth-order valence-electron chi connectivity index (χ4n) is 4.76. The van der Waals surface area contributed by atoms with Gasteiger partial charge >= 0.3 is 11.9 Å². The van der Waals surface area contributed by atoms with Crippen molar-refractivity contribution in [3.63, 3.8) is 0 Å². The van der Waals surface area contributed by atoms with E-state index in [2.05, 4.69) is 12.2 Å². The first kappa shape index (κ1) is 18.0. The largest absolute Gasteiger partial charge is 0.465 e. The highest BCUT2D eigenvalue weighted by molar-refractivity contribution is 5.98. The molecule has 2 fully saturated rings. The molecule has 0 unspecified atom stereocenters. The average Bonchev–Trinajstić information content (AvgIpc) is 3.52. The van der Waals surface area contributed by atoms with E-state index < -0.39 is 17.8 Å². The Bertz CT molecular complexity index is 768. The zero-order valence-corrected chi connectivity index (χ0v) is 15.4. The highest BCUT2D eigenvalue weighted by atomic mass is 16.5. The van der Waals surface area contributed by atoms with Gasteiger partial charge in [-0.2, -0.15) is 0 Å². The summed E-state index contributed by atoms with van der Waals surface area (Å²) in [6.45, 7) is 2.00. The molecule has 0 amide bonds. The third-order valence-corrected chi connectivity index (χ3v) is 6.09. The molecule has 27 heavy (non-hydrogen) atoms. The Morgan fingerprint density at radius 2 is 1.52 bits per heavy atom. The summed E-state index contributed by atoms with van der Waals surface area (Å²) in [4.78, 5) is 37.8. The Morgan fingerprint density at radius 3 is 2.11 bits per heavy atom. The minimum Gasteiger partial charge on any atom is -0.465 e. The molecule has 6 atom stereocenters. The molecule has 4 aliphatic carbocycles. The summed E-state index contributed by atoms with van der Waals surface area (Å²) in [6, 6.07) is 8.76. The van der Waals surface area contributed by atoms with Crippen molar-refractivity contribution < 1.29 is 23.9 Å². The number of hydrogen-bond donors (Lipinski definition) is 0. The van der Waals surface area contributed by atoms with Gasteiger partial charge in [0.15, 0.2) is 12.4 Å². The SMILES string of the molecule is CCCOC(=O)[C@@H]1[C@@H]2C=C[C@H]([C@H]3C[C@H]23)[C@@H]1C(=O)OCC(=O)c1ccccc1. The van der Waals surface area contributed by atoms with Crippen molar-refractivity contribution in [3.8, 4) is 0 Å². The molecule has 0 saturated heterocycles. The Hall–Kier alpha value is -2.43. The van der Waals surface area contributed by atoms with Crippen LogP contribution in [0.1, 0.15) is 30.1 Å². The van der Waals surface area contributed by atoms with Gasteiger partial charge in [-0.3, -0.25) is 14.4 Å². The number of hydrogen-bond acceptors (Lipinski definition) is 5. The summed E-state index contributed by atoms with van der Waals surface area (Å²) in [6.07, 6.45) is 5.94. The van der Waals surface area contributed by atoms with E-state index in [1.54, 1.807) is 24.3 Å². The third kappa shape index (κ3) is 3.31. The second-order valence-electron chi connectivity index (χ2n) is 7.72. The van der Waals surface area contributed by atoms with Crippen molar-refractivity contribution in [2.24, 2.45) is 35.5 Å². The minimum atomic E-state index is -0.545. The van der Waals surface area contributed by atoms with Crippen molar-refractivity contribution in [1.82, 2.24) is 0 Å². The van der Waals surface area contributed by atoms with Crippen LogP contribution in [-0.4, -0.2) is 30.9 Å². The van der Waals surface area contributed by atoms with Gasteiger partial charge in [-0.1, -0.05) is 49.4 Å². The molecule has 0 radical (unpaired) electrons. The smallest absolute Gasteiger partial charge is 0.310 e. The number of ether oxygens (including phenoxy) is 2. The highest BCUT2D eigenvalue weighted by Crippen LogP contribution is 2.63. The highest BCUT2D eigenvalue weighted by Gasteiger charge is 2.63. The lowest BCUT2D eigenvalue weighted by Gasteiger charge is -2.41. The number of carbonyl (C=O) groups is 3. The number of benzene rings is 1. The van der Waals surface area contributed by atoms with Crippen LogP contribution in [0.25, 0.3) is 0 Å². The normalized spacial score (nSPS) is 32.5. The Kier molecular flexibility index (Phi) is 4.85. The van der Waals surface area contributed by atoms with E-state index in [0.29, 0.717) is 24.0 Å². The number of allylic oxidation sites excluding steroid dienone is 2. The lowest BCUT2D eigenvalue weighted by molar-refractivity contribution is -0.167. The van der Waals surface area contributed by atoms with Crippen molar-refractivity contribution in [2.75, 3.05) is 13.2 Å². The Balaban J connectivity index is 1.46. The fraction of sp³-hybridized carbons (Fsp3) is 0.500. The molecule has 0 N–H and O–H groups in total. The first-order valence-corrected chi connectivity index (χ1v) is 9.71. The van der Waals surface area contributed by atoms with Gasteiger partial charge in [0.2, 0.25) is 0 Å². The van der Waals surface area contributed by atoms with Crippen LogP contribution in [0.4, 0.5) is 0 Å². The van der Waals surface area contributed by atoms with Gasteiger partial charge in [0, 0.05) is 5.56 Å². The number of ketones is 1. The van der Waals surface area contributed by atoms with Crippen LogP contribution in [-0.2, 0) is 19.1 Å². The standard InChI is InChI=1S/C22H24O5/c1-2-10-26-21(24)19-14-8-9-15(17-11-16(14)17)20(19)22(25)27-12-18(23)13-6-4-3-5-7-13/h3-9,14-17,19-20H,2,10-12H2,1H3/t14-,15-,16-,17-,19-,20+/m1/s1. The number of Topliss-reactive ketones (excluding diaryl/α,β-unsaturated/α-hetero) is 1. The average molecular weight is 368 g/mol. The fourth-order valence-corrected chi connectivity index (χ4v) is 4.76. The molecule has 0 spiro atoms. The van der Waals surface area contributed by atoms with Crippen molar-refractivity contribution in [2.45, 2.75) is 19.8 Å². The quantitative estimate of drug-likeness (QED) is 0.420. The maximum atomic E-state index is 12.9. The van der Waals surface area contributed by atoms with Crippen LogP contribution in [0, 0.1) is 35.5 Å². The molecule has 1 aromatic carbocycles. The molecular weight excluding hydrogens is 344 g/mol. The van der Waals surface area contributed by atoms with E-state index in [0.717, 1.165) is 12.8 Å². The Morgan fingerprint density at radius 1 is 0.926 bits per heavy atom. The summed E-state index contributed by atoms with van der Waals surface area (Å²) in [5.41, 5.74) is 0.511. The third-order valence-electron chi connectivity index (χ3n) is 6.09. The molecule has 0 heterocycles. The first-order chi connectivity index (χ1) is 13.1. The molecule has 0 aromatic heterocycles. The van der Waals surface area contributed by atoms with Gasteiger partial charge in [0.05, 0.1) is 18.4 Å². The maximum Gasteiger partial charge on any atom is 0.310 e. The number of esters is 2. The molecule has 5 nitrogen and oxygen atoms in total. The van der Waals surface area contributed by atoms with Crippen LogP contribution >= 0.6 is 0 Å². The topological polar surface area (TPSA) is 69.7 Å². The van der Waals surface area contributed by atoms with Crippen LogP contribution in [0.2, 0.25) is 0 Å². The van der Waals surface area contributed by atoms with Gasteiger partial charge in [0.1, 0.15) is 0 Å². The lowest BCUT2D eigenvalue weighted by Crippen LogP contribution is -2.48. The summed E-state index contributed by atoms with van der Waals surface area (Å²) < 4.78 is 10.7. The summed E-state index contributed by atoms with van der Waals surface area (Å²) in [5.74, 6) is -1.04. The van der Waals surface area contributed by atoms with Gasteiger partial charge in [-0.15, -0.1) is 0 Å². The predicted molar refractivity (Wildman–Crippen MR) is 97.7 cm³/mol. The molecule has 0 aliphatic heterocycles. The van der Waals surface area contributed by atoms with E-state index in [9.17, 15) is 14.4 Å². The maximum absolute atomic E-state index is 12.9. The second-order valence-corrected chi connectivity index (χ2v) is 7.72. The molecule has 5 rings (SSSR count). The number of rotatable bonds is 7. The molecular formula is C22H24O5. The summed E-state index contributed by atoms with van der Waals surface area (Å²) >= 11 is 0. The molecule has 2 bridgehead atoms. The molecule has 142 valence electrons. The van der Waals surface area contributed by atoms with Gasteiger partial charge < -0.3 is 9.47 Å². The van der Waals surface area contributed by atoms with Crippen molar-refractivity contribution in [1.29, 1.82) is 0 Å². The Labute approximate surface area is 158 Å². The van der Waals surface area contributed by atoms with E-state index in [1.165, 1.54) is 0 Å². The van der Waals surface area contributed by atoms with Crippen LogP contribution in [0.15, 0.2) is 42.5 Å². The van der Waals surface area contributed by atoms with Crippen LogP contribution < -0.4 is 0 Å². The second kappa shape index (κ2) is 7.29. The van der Waals surface area contributed by atoms with Gasteiger partial charge in [-0.25, -0.2) is 0 Å². The first-order valence-electron chi connectivity index (χ1n) is 9.71. The van der Waals surface area contributed by atoms with Crippen LogP contribution in [0.3, 0.4) is 0 Å². The van der Waals surface area contributed by atoms with Gasteiger partial charge in [-0.05, 0) is 36.5 Å². The lowest BCUT2D eigenvalue weighted by atomic mass is 9.62. The number of carbonyl (C=O) groups excluding carboxylic acids is 3. The summed E-state index contributed by atoms with van der Waals surface area (Å²) in [5, 5.41) is 0. The van der Waals surface area contributed by atoms with Crippen molar-refractivity contribution in [3.05, 3.63) is 48.0 Å². The molecule has 4 aliphatic rings. The van der Waals surface area contributed by atoms with E-state index in [4.69, 9.17) is 9.47 Å². The predicted octanol–water partition coefficient (Wildman–Crippen LogP) is 3.05. The summed E-state index contributed by atoms with van der Waals surface area (Å²) in [7, 11) is 0. The molecule has 2 saturated carbocycles. The number of fused-ring (bicyclic) bond motifs is 1. The minimum absolute atomic E-state index is 0.0125. The van der Waals surface area contributed by atoms with E-state index in [1.807, 2.05) is 13.0 Å². The monoisotopic (exact) mass is 368 g/mol. The zero-order chi connectivity index (χ0) is 19.0.